The van der Waals surface area contributed by atoms with E-state index in [4.69, 9.17) is 28.9 Å². The summed E-state index contributed by atoms with van der Waals surface area (Å²) in [5.41, 5.74) is 7.42. The van der Waals surface area contributed by atoms with Gasteiger partial charge in [0.25, 0.3) is 0 Å². The molecule has 0 aromatic heterocycles. The Hall–Kier alpha value is -0.830. The van der Waals surface area contributed by atoms with Crippen molar-refractivity contribution in [3.8, 4) is 0 Å². The first-order valence-corrected chi connectivity index (χ1v) is 6.81. The fraction of sp³-hybridized carbons (Fsp3) is 0.0769. The maximum absolute atomic E-state index is 6.11. The lowest BCUT2D eigenvalue weighted by Gasteiger charge is -2.05. The maximum Gasteiger partial charge on any atom is 0.0466 e. The van der Waals surface area contributed by atoms with Crippen LogP contribution >= 0.6 is 35.0 Å². The summed E-state index contributed by atoms with van der Waals surface area (Å²) in [5.74, 6) is 0.820. The highest BCUT2D eigenvalue weighted by Gasteiger charge is 2.02. The molecule has 17 heavy (non-hydrogen) atoms. The second kappa shape index (κ2) is 5.67. The molecule has 0 unspecified atom stereocenters. The van der Waals surface area contributed by atoms with Gasteiger partial charge in [-0.15, -0.1) is 11.8 Å². The Bertz CT molecular complexity index is 511. The van der Waals surface area contributed by atoms with Crippen molar-refractivity contribution in [2.45, 2.75) is 10.6 Å². The van der Waals surface area contributed by atoms with Gasteiger partial charge in [0, 0.05) is 26.4 Å². The van der Waals surface area contributed by atoms with E-state index in [9.17, 15) is 0 Å². The van der Waals surface area contributed by atoms with Gasteiger partial charge in [-0.05, 0) is 42.0 Å². The van der Waals surface area contributed by atoms with Crippen LogP contribution in [0.1, 0.15) is 5.56 Å². The van der Waals surface area contributed by atoms with Gasteiger partial charge in [0.1, 0.15) is 0 Å². The van der Waals surface area contributed by atoms with Crippen molar-refractivity contribution in [1.82, 2.24) is 0 Å². The fourth-order valence-corrected chi connectivity index (χ4v) is 2.74. The van der Waals surface area contributed by atoms with Gasteiger partial charge in [0.15, 0.2) is 0 Å². The van der Waals surface area contributed by atoms with Crippen LogP contribution in [0.15, 0.2) is 47.4 Å². The molecule has 0 aliphatic heterocycles. The third-order valence-electron chi connectivity index (χ3n) is 2.29. The summed E-state index contributed by atoms with van der Waals surface area (Å²) < 4.78 is 0. The number of nitrogen functional groups attached to an aromatic ring is 1. The number of rotatable bonds is 3. The second-order valence-corrected chi connectivity index (χ2v) is 5.49. The Morgan fingerprint density at radius 1 is 1.00 bits per heavy atom. The minimum absolute atomic E-state index is 0.690. The SMILES string of the molecule is Nc1ccc(CSc2ccc(Cl)cc2)c(Cl)c1. The molecule has 0 aliphatic rings. The van der Waals surface area contributed by atoms with Crippen LogP contribution < -0.4 is 5.73 Å². The predicted octanol–water partition coefficient (Wildman–Crippen LogP) is 4.87. The zero-order valence-electron chi connectivity index (χ0n) is 8.99. The normalized spacial score (nSPS) is 10.5. The molecule has 2 rings (SSSR count). The summed E-state index contributed by atoms with van der Waals surface area (Å²) in [6.07, 6.45) is 0. The molecule has 0 bridgehead atoms. The summed E-state index contributed by atoms with van der Waals surface area (Å²) >= 11 is 13.7. The predicted molar refractivity (Wildman–Crippen MR) is 76.9 cm³/mol. The van der Waals surface area contributed by atoms with E-state index < -0.39 is 0 Å². The Kier molecular flexibility index (Phi) is 4.21. The molecule has 0 aliphatic carbocycles. The van der Waals surface area contributed by atoms with Crippen LogP contribution in [0.2, 0.25) is 10.0 Å². The topological polar surface area (TPSA) is 26.0 Å². The van der Waals surface area contributed by atoms with E-state index >= 15 is 0 Å². The highest BCUT2D eigenvalue weighted by atomic mass is 35.5. The number of hydrogen-bond donors (Lipinski definition) is 1. The molecule has 2 aromatic rings. The molecule has 0 saturated heterocycles. The van der Waals surface area contributed by atoms with Crippen molar-refractivity contribution in [2.75, 3.05) is 5.73 Å². The molecule has 0 radical (unpaired) electrons. The lowest BCUT2D eigenvalue weighted by Crippen LogP contribution is -1.87. The monoisotopic (exact) mass is 283 g/mol. The van der Waals surface area contributed by atoms with Crippen LogP contribution in [0.3, 0.4) is 0 Å². The molecule has 0 fully saturated rings. The van der Waals surface area contributed by atoms with Crippen LogP contribution in [0.5, 0.6) is 0 Å². The first-order valence-electron chi connectivity index (χ1n) is 5.07. The molecule has 0 saturated carbocycles. The summed E-state index contributed by atoms with van der Waals surface area (Å²) in [7, 11) is 0. The van der Waals surface area contributed by atoms with Crippen molar-refractivity contribution < 1.29 is 0 Å². The Balaban J connectivity index is 2.04. The molecule has 1 nitrogen and oxygen atoms in total. The quantitative estimate of drug-likeness (QED) is 0.643. The molecule has 2 aromatic carbocycles. The number of nitrogens with two attached hydrogens (primary N) is 1. The summed E-state index contributed by atoms with van der Waals surface area (Å²) in [6.45, 7) is 0. The highest BCUT2D eigenvalue weighted by molar-refractivity contribution is 7.98. The lowest BCUT2D eigenvalue weighted by atomic mass is 10.2. The van der Waals surface area contributed by atoms with E-state index in [-0.39, 0.29) is 0 Å². The van der Waals surface area contributed by atoms with E-state index in [0.717, 1.165) is 16.3 Å². The third-order valence-corrected chi connectivity index (χ3v) is 3.95. The molecular weight excluding hydrogens is 273 g/mol. The summed E-state index contributed by atoms with van der Waals surface area (Å²) in [4.78, 5) is 1.17. The van der Waals surface area contributed by atoms with Gasteiger partial charge < -0.3 is 5.73 Å². The largest absolute Gasteiger partial charge is 0.399 e. The summed E-state index contributed by atoms with van der Waals surface area (Å²) in [6, 6.07) is 13.4. The first-order chi connectivity index (χ1) is 8.15. The third kappa shape index (κ3) is 3.56. The lowest BCUT2D eigenvalue weighted by molar-refractivity contribution is 1.38. The van der Waals surface area contributed by atoms with Crippen molar-refractivity contribution in [1.29, 1.82) is 0 Å². The van der Waals surface area contributed by atoms with Crippen LogP contribution in [-0.4, -0.2) is 0 Å². The number of anilines is 1. The van der Waals surface area contributed by atoms with E-state index in [0.29, 0.717) is 10.7 Å². The number of thioether (sulfide) groups is 1. The molecule has 0 spiro atoms. The van der Waals surface area contributed by atoms with Crippen LogP contribution in [0.4, 0.5) is 5.69 Å². The Morgan fingerprint density at radius 3 is 2.35 bits per heavy atom. The molecule has 4 heteroatoms. The standard InChI is InChI=1S/C13H11Cl2NS/c14-10-2-5-12(6-3-10)17-8-9-1-4-11(16)7-13(9)15/h1-7H,8,16H2. The van der Waals surface area contributed by atoms with Gasteiger partial charge in [0.2, 0.25) is 0 Å². The minimum atomic E-state index is 0.690. The van der Waals surface area contributed by atoms with Crippen molar-refractivity contribution in [3.63, 3.8) is 0 Å². The zero-order valence-corrected chi connectivity index (χ0v) is 11.3. The number of benzene rings is 2. The number of hydrogen-bond acceptors (Lipinski definition) is 2. The van der Waals surface area contributed by atoms with E-state index in [1.807, 2.05) is 36.4 Å². The van der Waals surface area contributed by atoms with E-state index in [1.165, 1.54) is 4.90 Å². The Labute approximate surface area is 115 Å². The maximum atomic E-state index is 6.11. The van der Waals surface area contributed by atoms with Crippen molar-refractivity contribution >= 4 is 40.7 Å². The molecule has 0 atom stereocenters. The minimum Gasteiger partial charge on any atom is -0.399 e. The van der Waals surface area contributed by atoms with Crippen LogP contribution in [0.25, 0.3) is 0 Å². The summed E-state index contributed by atoms with van der Waals surface area (Å²) in [5, 5.41) is 1.46. The fourth-order valence-electron chi connectivity index (χ4n) is 1.37. The van der Waals surface area contributed by atoms with Gasteiger partial charge in [-0.25, -0.2) is 0 Å². The van der Waals surface area contributed by atoms with Gasteiger partial charge >= 0.3 is 0 Å². The van der Waals surface area contributed by atoms with Crippen molar-refractivity contribution in [3.05, 3.63) is 58.1 Å². The van der Waals surface area contributed by atoms with Gasteiger partial charge in [-0.2, -0.15) is 0 Å². The van der Waals surface area contributed by atoms with Crippen LogP contribution in [0, 0.1) is 0 Å². The second-order valence-electron chi connectivity index (χ2n) is 3.59. The first kappa shape index (κ1) is 12.6. The molecule has 2 N–H and O–H groups in total. The number of halogens is 2. The van der Waals surface area contributed by atoms with E-state index in [2.05, 4.69) is 0 Å². The molecule has 88 valence electrons. The zero-order chi connectivity index (χ0) is 12.3. The highest BCUT2D eigenvalue weighted by Crippen LogP contribution is 2.28. The average Bonchev–Trinajstić information content (AvgIpc) is 2.30. The van der Waals surface area contributed by atoms with Gasteiger partial charge in [-0.1, -0.05) is 29.3 Å². The molecule has 0 heterocycles. The van der Waals surface area contributed by atoms with Crippen molar-refractivity contribution in [2.24, 2.45) is 0 Å². The van der Waals surface area contributed by atoms with Gasteiger partial charge in [-0.3, -0.25) is 0 Å². The van der Waals surface area contributed by atoms with Crippen LogP contribution in [-0.2, 0) is 5.75 Å². The van der Waals surface area contributed by atoms with Gasteiger partial charge in [0.05, 0.1) is 0 Å². The average molecular weight is 284 g/mol. The van der Waals surface area contributed by atoms with E-state index in [1.54, 1.807) is 17.8 Å². The molecular formula is C13H11Cl2NS. The smallest absolute Gasteiger partial charge is 0.0466 e. The Morgan fingerprint density at radius 2 is 1.71 bits per heavy atom. The molecule has 0 amide bonds.